The van der Waals surface area contributed by atoms with Gasteiger partial charge in [0.25, 0.3) is 0 Å². The van der Waals surface area contributed by atoms with Crippen LogP contribution in [0.25, 0.3) is 22.5 Å². The van der Waals surface area contributed by atoms with E-state index in [-0.39, 0.29) is 6.61 Å². The van der Waals surface area contributed by atoms with Crippen LogP contribution >= 0.6 is 0 Å². The minimum Gasteiger partial charge on any atom is -0.491 e. The van der Waals surface area contributed by atoms with Crippen LogP contribution in [0.2, 0.25) is 0 Å². The Kier molecular flexibility index (Phi) is 13.2. The number of rotatable bonds is 18. The lowest BCUT2D eigenvalue weighted by Gasteiger charge is -2.11. The molecule has 3 nitrogen and oxygen atoms in total. The summed E-state index contributed by atoms with van der Waals surface area (Å²) in [6.45, 7) is 4.50. The standard InChI is InChI=1S/C33H45FN2O/c1-3-5-7-8-9-10-11-13-14-27-16-18-28(19-17-27)30-24-35-33(36-25-30)29-20-22-32(23-21-29)37-26-31(34)15-12-6-4-2/h16-25,31H,3-15,26H2,1-2H3. The van der Waals surface area contributed by atoms with Gasteiger partial charge in [-0.2, -0.15) is 0 Å². The number of benzene rings is 2. The largest absolute Gasteiger partial charge is 0.491 e. The first-order chi connectivity index (χ1) is 18.2. The smallest absolute Gasteiger partial charge is 0.159 e. The van der Waals surface area contributed by atoms with E-state index in [4.69, 9.17) is 4.74 Å². The molecule has 1 aromatic heterocycles. The van der Waals surface area contributed by atoms with Crippen molar-refractivity contribution < 1.29 is 9.13 Å². The molecule has 0 bridgehead atoms. The molecule has 0 fully saturated rings. The molecule has 1 unspecified atom stereocenters. The molecule has 0 radical (unpaired) electrons. The fourth-order valence-electron chi connectivity index (χ4n) is 4.54. The Balaban J connectivity index is 1.43. The van der Waals surface area contributed by atoms with E-state index in [1.807, 2.05) is 36.7 Å². The Morgan fingerprint density at radius 2 is 1.22 bits per heavy atom. The second-order valence-corrected chi connectivity index (χ2v) is 10.1. The minimum absolute atomic E-state index is 0.103. The topological polar surface area (TPSA) is 35.0 Å². The molecule has 2 aromatic carbocycles. The first-order valence-corrected chi connectivity index (χ1v) is 14.5. The van der Waals surface area contributed by atoms with Crippen molar-refractivity contribution >= 4 is 0 Å². The number of hydrogen-bond donors (Lipinski definition) is 0. The van der Waals surface area contributed by atoms with Crippen LogP contribution in [0.4, 0.5) is 4.39 Å². The normalized spacial score (nSPS) is 12.0. The van der Waals surface area contributed by atoms with Crippen LogP contribution in [0.1, 0.15) is 96.5 Å². The predicted octanol–water partition coefficient (Wildman–Crippen LogP) is 9.79. The van der Waals surface area contributed by atoms with E-state index >= 15 is 0 Å². The van der Waals surface area contributed by atoms with Crippen LogP contribution in [0, 0.1) is 0 Å². The molecule has 1 heterocycles. The van der Waals surface area contributed by atoms with Gasteiger partial charge in [-0.25, -0.2) is 14.4 Å². The molecule has 1 atom stereocenters. The number of aromatic nitrogens is 2. The van der Waals surface area contributed by atoms with Crippen molar-refractivity contribution in [3.05, 3.63) is 66.5 Å². The Bertz CT molecular complexity index is 986. The molecule has 0 N–H and O–H groups in total. The highest BCUT2D eigenvalue weighted by Crippen LogP contribution is 2.23. The molecule has 0 aliphatic rings. The summed E-state index contributed by atoms with van der Waals surface area (Å²) in [5.41, 5.74) is 4.46. The molecule has 200 valence electrons. The monoisotopic (exact) mass is 504 g/mol. The Hall–Kier alpha value is -2.75. The third kappa shape index (κ3) is 10.6. The van der Waals surface area contributed by atoms with Crippen LogP contribution in [0.3, 0.4) is 0 Å². The van der Waals surface area contributed by atoms with E-state index in [2.05, 4.69) is 48.1 Å². The summed E-state index contributed by atoms with van der Waals surface area (Å²) in [5.74, 6) is 1.34. The van der Waals surface area contributed by atoms with E-state index in [0.717, 1.165) is 42.4 Å². The summed E-state index contributed by atoms with van der Waals surface area (Å²) < 4.78 is 19.6. The maximum absolute atomic E-state index is 13.9. The Morgan fingerprint density at radius 1 is 0.649 bits per heavy atom. The van der Waals surface area contributed by atoms with Gasteiger partial charge in [0.15, 0.2) is 5.82 Å². The van der Waals surface area contributed by atoms with Gasteiger partial charge in [-0.15, -0.1) is 0 Å². The molecular weight excluding hydrogens is 459 g/mol. The lowest BCUT2D eigenvalue weighted by Crippen LogP contribution is -2.12. The van der Waals surface area contributed by atoms with E-state index in [1.165, 1.54) is 56.9 Å². The number of ether oxygens (including phenoxy) is 1. The minimum atomic E-state index is -0.915. The number of aryl methyl sites for hydroxylation is 1. The van der Waals surface area contributed by atoms with Crippen molar-refractivity contribution in [2.24, 2.45) is 0 Å². The van der Waals surface area contributed by atoms with Gasteiger partial charge in [-0.05, 0) is 54.7 Å². The van der Waals surface area contributed by atoms with Crippen molar-refractivity contribution in [3.63, 3.8) is 0 Å². The van der Waals surface area contributed by atoms with E-state index in [1.54, 1.807) is 0 Å². The molecule has 0 amide bonds. The lowest BCUT2D eigenvalue weighted by molar-refractivity contribution is 0.184. The van der Waals surface area contributed by atoms with Gasteiger partial charge >= 0.3 is 0 Å². The predicted molar refractivity (Wildman–Crippen MR) is 154 cm³/mol. The summed E-state index contributed by atoms with van der Waals surface area (Å²) in [4.78, 5) is 9.16. The number of hydrogen-bond acceptors (Lipinski definition) is 3. The lowest BCUT2D eigenvalue weighted by atomic mass is 10.0. The van der Waals surface area contributed by atoms with Crippen LogP contribution in [-0.4, -0.2) is 22.7 Å². The van der Waals surface area contributed by atoms with Crippen molar-refractivity contribution in [2.75, 3.05) is 6.61 Å². The van der Waals surface area contributed by atoms with E-state index < -0.39 is 6.17 Å². The molecule has 0 saturated heterocycles. The third-order valence-electron chi connectivity index (χ3n) is 6.92. The van der Waals surface area contributed by atoms with Crippen molar-refractivity contribution in [1.29, 1.82) is 0 Å². The number of unbranched alkanes of at least 4 members (excludes halogenated alkanes) is 9. The summed E-state index contributed by atoms with van der Waals surface area (Å²) in [6, 6.07) is 16.4. The third-order valence-corrected chi connectivity index (χ3v) is 6.92. The zero-order chi connectivity index (χ0) is 26.1. The van der Waals surface area contributed by atoms with Gasteiger partial charge in [0.05, 0.1) is 0 Å². The van der Waals surface area contributed by atoms with Crippen LogP contribution in [-0.2, 0) is 6.42 Å². The number of halogens is 1. The van der Waals surface area contributed by atoms with Crippen LogP contribution in [0.5, 0.6) is 5.75 Å². The fourth-order valence-corrected chi connectivity index (χ4v) is 4.54. The molecule has 4 heteroatoms. The highest BCUT2D eigenvalue weighted by Gasteiger charge is 2.08. The van der Waals surface area contributed by atoms with E-state index in [9.17, 15) is 4.39 Å². The SMILES string of the molecule is CCCCCCCCCCc1ccc(-c2cnc(-c3ccc(OCC(F)CCCCC)cc3)nc2)cc1. The first kappa shape index (κ1) is 28.8. The molecular formula is C33H45FN2O. The van der Waals surface area contributed by atoms with E-state index in [0.29, 0.717) is 18.0 Å². The first-order valence-electron chi connectivity index (χ1n) is 14.5. The van der Waals surface area contributed by atoms with Gasteiger partial charge in [0.2, 0.25) is 0 Å². The molecule has 0 spiro atoms. The summed E-state index contributed by atoms with van der Waals surface area (Å²) in [6.07, 6.45) is 18.5. The quantitative estimate of drug-likeness (QED) is 0.162. The summed E-state index contributed by atoms with van der Waals surface area (Å²) in [5, 5.41) is 0. The molecule has 37 heavy (non-hydrogen) atoms. The second-order valence-electron chi connectivity index (χ2n) is 10.1. The highest BCUT2D eigenvalue weighted by atomic mass is 19.1. The number of nitrogens with zero attached hydrogens (tertiary/aromatic N) is 2. The zero-order valence-corrected chi connectivity index (χ0v) is 22.9. The molecule has 0 saturated carbocycles. The van der Waals surface area contributed by atoms with Gasteiger partial charge in [-0.3, -0.25) is 0 Å². The number of alkyl halides is 1. The summed E-state index contributed by atoms with van der Waals surface area (Å²) >= 11 is 0. The maximum Gasteiger partial charge on any atom is 0.159 e. The van der Waals surface area contributed by atoms with Crippen molar-refractivity contribution in [1.82, 2.24) is 9.97 Å². The molecule has 3 aromatic rings. The van der Waals surface area contributed by atoms with Crippen molar-refractivity contribution in [2.45, 2.75) is 103 Å². The highest BCUT2D eigenvalue weighted by molar-refractivity contribution is 5.64. The average molecular weight is 505 g/mol. The zero-order valence-electron chi connectivity index (χ0n) is 22.9. The maximum atomic E-state index is 13.9. The fraction of sp³-hybridized carbons (Fsp3) is 0.515. The molecule has 3 rings (SSSR count). The van der Waals surface area contributed by atoms with Crippen LogP contribution in [0.15, 0.2) is 60.9 Å². The van der Waals surface area contributed by atoms with Gasteiger partial charge < -0.3 is 4.74 Å². The second kappa shape index (κ2) is 16.9. The van der Waals surface area contributed by atoms with Gasteiger partial charge in [0, 0.05) is 23.5 Å². The Morgan fingerprint density at radius 3 is 1.86 bits per heavy atom. The Labute approximate surface area is 223 Å². The summed E-state index contributed by atoms with van der Waals surface area (Å²) in [7, 11) is 0. The average Bonchev–Trinajstić information content (AvgIpc) is 2.94. The van der Waals surface area contributed by atoms with Gasteiger partial charge in [0.1, 0.15) is 18.5 Å². The van der Waals surface area contributed by atoms with Gasteiger partial charge in [-0.1, -0.05) is 102 Å². The molecule has 0 aliphatic heterocycles. The van der Waals surface area contributed by atoms with Crippen LogP contribution < -0.4 is 4.74 Å². The molecule has 0 aliphatic carbocycles. The van der Waals surface area contributed by atoms with Crippen molar-refractivity contribution in [3.8, 4) is 28.3 Å².